The van der Waals surface area contributed by atoms with Crippen molar-refractivity contribution in [1.29, 1.82) is 0 Å². The number of sulfone groups is 1. The molecule has 0 fully saturated rings. The van der Waals surface area contributed by atoms with Crippen LogP contribution in [0.1, 0.15) is 23.4 Å². The van der Waals surface area contributed by atoms with Gasteiger partial charge in [-0.1, -0.05) is 30.3 Å². The first kappa shape index (κ1) is 13.8. The van der Waals surface area contributed by atoms with Crippen LogP contribution in [0.3, 0.4) is 0 Å². The van der Waals surface area contributed by atoms with Crippen LogP contribution in [0, 0.1) is 0 Å². The highest BCUT2D eigenvalue weighted by atomic mass is 32.2. The molecule has 0 aliphatic rings. The average Bonchev–Trinajstić information content (AvgIpc) is 2.80. The van der Waals surface area contributed by atoms with Crippen molar-refractivity contribution >= 4 is 9.84 Å². The molecule has 1 N–H and O–H groups in total. The van der Waals surface area contributed by atoms with Crippen molar-refractivity contribution in [3.05, 3.63) is 47.8 Å². The molecule has 1 aromatic heterocycles. The van der Waals surface area contributed by atoms with Crippen LogP contribution in [0.5, 0.6) is 0 Å². The number of rotatable bonds is 4. The summed E-state index contributed by atoms with van der Waals surface area (Å²) in [6.07, 6.45) is 1.38. The number of aliphatic hydroxyl groups is 1. The lowest BCUT2D eigenvalue weighted by molar-refractivity contribution is 0.271. The normalized spacial score (nSPS) is 13.4. The van der Waals surface area contributed by atoms with Crippen LogP contribution >= 0.6 is 0 Å². The molecule has 0 amide bonds. The van der Waals surface area contributed by atoms with Crippen molar-refractivity contribution in [2.75, 3.05) is 0 Å². The zero-order chi connectivity index (χ0) is 14.0. The fraction of sp³-hybridized carbons (Fsp3) is 0.308. The number of benzene rings is 1. The Bertz CT molecular complexity index is 662. The Morgan fingerprint density at radius 3 is 2.47 bits per heavy atom. The molecule has 1 heterocycles. The predicted octanol–water partition coefficient (Wildman–Crippen LogP) is 1.45. The highest BCUT2D eigenvalue weighted by Crippen LogP contribution is 2.27. The van der Waals surface area contributed by atoms with Gasteiger partial charge in [0.2, 0.25) is 15.0 Å². The maximum Gasteiger partial charge on any atom is 0.228 e. The first-order chi connectivity index (χ1) is 8.98. The Labute approximate surface area is 112 Å². The summed E-state index contributed by atoms with van der Waals surface area (Å²) in [5.41, 5.74) is 1.19. The van der Waals surface area contributed by atoms with Crippen LogP contribution in [0.25, 0.3) is 0 Å². The molecule has 0 aliphatic heterocycles. The van der Waals surface area contributed by atoms with Gasteiger partial charge in [-0.3, -0.25) is 0 Å². The Morgan fingerprint density at radius 1 is 1.32 bits per heavy atom. The smallest absolute Gasteiger partial charge is 0.228 e. The molecule has 102 valence electrons. The van der Waals surface area contributed by atoms with Gasteiger partial charge in [0.05, 0.1) is 23.7 Å². The van der Waals surface area contributed by atoms with Gasteiger partial charge in [-0.25, -0.2) is 13.4 Å². The van der Waals surface area contributed by atoms with E-state index in [1.54, 1.807) is 38.2 Å². The van der Waals surface area contributed by atoms with Crippen LogP contribution in [0.4, 0.5) is 0 Å². The largest absolute Gasteiger partial charge is 0.390 e. The van der Waals surface area contributed by atoms with Gasteiger partial charge in [-0.15, -0.1) is 0 Å². The van der Waals surface area contributed by atoms with Gasteiger partial charge in [0.1, 0.15) is 0 Å². The molecule has 19 heavy (non-hydrogen) atoms. The zero-order valence-electron chi connectivity index (χ0n) is 10.8. The molecule has 0 radical (unpaired) electrons. The number of nitrogens with zero attached hydrogens (tertiary/aromatic N) is 2. The molecule has 5 nitrogen and oxygen atoms in total. The standard InChI is InChI=1S/C13H16N2O3S/c1-10(11-6-4-3-5-7-11)19(17,18)13-14-8-12(9-16)15(13)2/h3-8,10,16H,9H2,1-2H3. The Hall–Kier alpha value is -1.66. The van der Waals surface area contributed by atoms with Crippen LogP contribution in [0.2, 0.25) is 0 Å². The molecule has 2 aromatic rings. The summed E-state index contributed by atoms with van der Waals surface area (Å²) in [7, 11) is -1.98. The van der Waals surface area contributed by atoms with Crippen LogP contribution in [-0.4, -0.2) is 23.1 Å². The summed E-state index contributed by atoms with van der Waals surface area (Å²) in [5.74, 6) is 0. The third kappa shape index (κ3) is 2.41. The number of aliphatic hydroxyl groups excluding tert-OH is 1. The van der Waals surface area contributed by atoms with E-state index in [-0.39, 0.29) is 11.8 Å². The summed E-state index contributed by atoms with van der Waals surface area (Å²) in [6.45, 7) is 1.40. The molecular formula is C13H16N2O3S. The van der Waals surface area contributed by atoms with Crippen molar-refractivity contribution in [3.63, 3.8) is 0 Å². The summed E-state index contributed by atoms with van der Waals surface area (Å²) in [6, 6.07) is 9.00. The van der Waals surface area contributed by atoms with Gasteiger partial charge >= 0.3 is 0 Å². The third-order valence-electron chi connectivity index (χ3n) is 3.19. The van der Waals surface area contributed by atoms with E-state index in [4.69, 9.17) is 5.11 Å². The van der Waals surface area contributed by atoms with E-state index in [0.29, 0.717) is 5.69 Å². The van der Waals surface area contributed by atoms with Crippen LogP contribution < -0.4 is 0 Å². The minimum absolute atomic E-state index is 0.0205. The predicted molar refractivity (Wildman–Crippen MR) is 71.2 cm³/mol. The van der Waals surface area contributed by atoms with E-state index >= 15 is 0 Å². The third-order valence-corrected chi connectivity index (χ3v) is 5.28. The van der Waals surface area contributed by atoms with E-state index in [2.05, 4.69) is 4.98 Å². The molecule has 1 aromatic carbocycles. The molecule has 1 atom stereocenters. The van der Waals surface area contributed by atoms with Crippen LogP contribution in [-0.2, 0) is 23.5 Å². The van der Waals surface area contributed by atoms with Gasteiger partial charge in [0.25, 0.3) is 0 Å². The van der Waals surface area contributed by atoms with Gasteiger partial charge in [0.15, 0.2) is 0 Å². The number of hydrogen-bond acceptors (Lipinski definition) is 4. The minimum Gasteiger partial charge on any atom is -0.390 e. The minimum atomic E-state index is -3.57. The van der Waals surface area contributed by atoms with E-state index in [0.717, 1.165) is 5.56 Å². The van der Waals surface area contributed by atoms with Crippen molar-refractivity contribution in [2.45, 2.75) is 23.9 Å². The quantitative estimate of drug-likeness (QED) is 0.920. The van der Waals surface area contributed by atoms with Crippen molar-refractivity contribution in [2.24, 2.45) is 7.05 Å². The summed E-state index contributed by atoms with van der Waals surface area (Å²) in [4.78, 5) is 3.92. The van der Waals surface area contributed by atoms with E-state index in [1.807, 2.05) is 6.07 Å². The number of imidazole rings is 1. The van der Waals surface area contributed by atoms with Gasteiger partial charge in [-0.05, 0) is 12.5 Å². The molecule has 0 bridgehead atoms. The van der Waals surface area contributed by atoms with Gasteiger partial charge < -0.3 is 9.67 Å². The van der Waals surface area contributed by atoms with Crippen molar-refractivity contribution in [1.82, 2.24) is 9.55 Å². The molecule has 0 spiro atoms. The summed E-state index contributed by atoms with van der Waals surface area (Å²) in [5, 5.41) is 8.40. The molecule has 1 unspecified atom stereocenters. The SMILES string of the molecule is CC(c1ccccc1)S(=O)(=O)c1ncc(CO)n1C. The van der Waals surface area contributed by atoms with Gasteiger partial charge in [-0.2, -0.15) is 0 Å². The molecule has 0 saturated heterocycles. The lowest BCUT2D eigenvalue weighted by Gasteiger charge is -2.13. The maximum absolute atomic E-state index is 12.5. The molecule has 0 aliphatic carbocycles. The van der Waals surface area contributed by atoms with Crippen molar-refractivity contribution < 1.29 is 13.5 Å². The number of hydrogen-bond donors (Lipinski definition) is 1. The Morgan fingerprint density at radius 2 is 1.95 bits per heavy atom. The highest BCUT2D eigenvalue weighted by Gasteiger charge is 2.29. The molecule has 2 rings (SSSR count). The second-order valence-electron chi connectivity index (χ2n) is 4.35. The molecule has 0 saturated carbocycles. The Balaban J connectivity index is 2.45. The van der Waals surface area contributed by atoms with Crippen molar-refractivity contribution in [3.8, 4) is 0 Å². The van der Waals surface area contributed by atoms with Crippen LogP contribution in [0.15, 0.2) is 41.7 Å². The molecule has 6 heteroatoms. The average molecular weight is 280 g/mol. The zero-order valence-corrected chi connectivity index (χ0v) is 11.6. The number of aromatic nitrogens is 2. The monoisotopic (exact) mass is 280 g/mol. The maximum atomic E-state index is 12.5. The fourth-order valence-electron chi connectivity index (χ4n) is 1.90. The fourth-order valence-corrected chi connectivity index (χ4v) is 3.43. The van der Waals surface area contributed by atoms with Gasteiger partial charge in [0, 0.05) is 7.05 Å². The Kier molecular flexibility index (Phi) is 3.73. The van der Waals surface area contributed by atoms with E-state index in [9.17, 15) is 8.42 Å². The lowest BCUT2D eigenvalue weighted by Crippen LogP contribution is -2.16. The first-order valence-corrected chi connectivity index (χ1v) is 7.43. The second-order valence-corrected chi connectivity index (χ2v) is 6.51. The van der Waals surface area contributed by atoms with E-state index < -0.39 is 15.1 Å². The summed E-state index contributed by atoms with van der Waals surface area (Å²) >= 11 is 0. The molecular weight excluding hydrogens is 264 g/mol. The second kappa shape index (κ2) is 5.14. The topological polar surface area (TPSA) is 72.2 Å². The lowest BCUT2D eigenvalue weighted by atomic mass is 10.2. The first-order valence-electron chi connectivity index (χ1n) is 5.88. The summed E-state index contributed by atoms with van der Waals surface area (Å²) < 4.78 is 26.4. The van der Waals surface area contributed by atoms with E-state index in [1.165, 1.54) is 10.8 Å². The highest BCUT2D eigenvalue weighted by molar-refractivity contribution is 7.91.